The van der Waals surface area contributed by atoms with Crippen molar-refractivity contribution in [2.24, 2.45) is 0 Å². The van der Waals surface area contributed by atoms with Gasteiger partial charge in [-0.15, -0.1) is 0 Å². The maximum atomic E-state index is 12.0. The first-order valence-electron chi connectivity index (χ1n) is 6.62. The molecular weight excluding hydrogens is 246 g/mol. The highest BCUT2D eigenvalue weighted by Crippen LogP contribution is 2.30. The van der Waals surface area contributed by atoms with E-state index >= 15 is 0 Å². The Morgan fingerprint density at radius 3 is 2.84 bits per heavy atom. The van der Waals surface area contributed by atoms with Crippen LogP contribution in [0.25, 0.3) is 0 Å². The van der Waals surface area contributed by atoms with Crippen LogP contribution in [0.4, 0.5) is 0 Å². The third-order valence-corrected chi connectivity index (χ3v) is 3.32. The van der Waals surface area contributed by atoms with Gasteiger partial charge in [-0.05, 0) is 31.0 Å². The lowest BCUT2D eigenvalue weighted by atomic mass is 10.1. The van der Waals surface area contributed by atoms with Crippen molar-refractivity contribution in [3.8, 4) is 11.5 Å². The standard InChI is InChI=1S/C14H17NO4/c16-14(15-9-11-2-1-5-17-11)10-3-4-12-13(8-10)19-7-6-18-12/h3-4,8,11H,1-2,5-7,9H2,(H,15,16). The summed E-state index contributed by atoms with van der Waals surface area (Å²) in [4.78, 5) is 12.0. The number of ether oxygens (including phenoxy) is 3. The van der Waals surface area contributed by atoms with Crippen LogP contribution in [0.2, 0.25) is 0 Å². The van der Waals surface area contributed by atoms with Gasteiger partial charge >= 0.3 is 0 Å². The summed E-state index contributed by atoms with van der Waals surface area (Å²) in [6, 6.07) is 5.24. The number of carbonyl (C=O) groups excluding carboxylic acids is 1. The van der Waals surface area contributed by atoms with E-state index in [4.69, 9.17) is 14.2 Å². The Morgan fingerprint density at radius 1 is 1.21 bits per heavy atom. The summed E-state index contributed by atoms with van der Waals surface area (Å²) in [5.41, 5.74) is 0.585. The number of hydrogen-bond acceptors (Lipinski definition) is 4. The number of amides is 1. The SMILES string of the molecule is O=C(NCC1CCCO1)c1ccc2c(c1)OCCO2. The molecule has 0 aromatic heterocycles. The van der Waals surface area contributed by atoms with Gasteiger partial charge in [0.15, 0.2) is 11.5 Å². The average molecular weight is 263 g/mol. The van der Waals surface area contributed by atoms with Gasteiger partial charge < -0.3 is 19.5 Å². The third-order valence-electron chi connectivity index (χ3n) is 3.32. The van der Waals surface area contributed by atoms with E-state index in [0.717, 1.165) is 19.4 Å². The number of rotatable bonds is 3. The molecule has 19 heavy (non-hydrogen) atoms. The smallest absolute Gasteiger partial charge is 0.251 e. The second-order valence-electron chi connectivity index (χ2n) is 4.70. The van der Waals surface area contributed by atoms with E-state index in [1.807, 2.05) is 0 Å². The molecule has 0 saturated carbocycles. The summed E-state index contributed by atoms with van der Waals surface area (Å²) in [6.07, 6.45) is 2.24. The van der Waals surface area contributed by atoms with Crippen LogP contribution in [0.5, 0.6) is 11.5 Å². The van der Waals surface area contributed by atoms with Gasteiger partial charge in [0.2, 0.25) is 0 Å². The zero-order valence-corrected chi connectivity index (χ0v) is 10.7. The molecule has 3 rings (SSSR count). The van der Waals surface area contributed by atoms with Crippen molar-refractivity contribution >= 4 is 5.91 Å². The molecule has 1 aromatic rings. The lowest BCUT2D eigenvalue weighted by molar-refractivity contribution is 0.0857. The fourth-order valence-corrected chi connectivity index (χ4v) is 2.30. The Labute approximate surface area is 111 Å². The Kier molecular flexibility index (Phi) is 3.55. The van der Waals surface area contributed by atoms with E-state index in [1.54, 1.807) is 18.2 Å². The molecule has 5 nitrogen and oxygen atoms in total. The van der Waals surface area contributed by atoms with Crippen LogP contribution in [0.1, 0.15) is 23.2 Å². The van der Waals surface area contributed by atoms with Crippen molar-refractivity contribution in [2.75, 3.05) is 26.4 Å². The van der Waals surface area contributed by atoms with Crippen molar-refractivity contribution in [2.45, 2.75) is 18.9 Å². The average Bonchev–Trinajstić information content (AvgIpc) is 2.97. The molecule has 0 spiro atoms. The van der Waals surface area contributed by atoms with E-state index in [-0.39, 0.29) is 12.0 Å². The Bertz CT molecular complexity index is 469. The first-order valence-corrected chi connectivity index (χ1v) is 6.62. The lowest BCUT2D eigenvalue weighted by Gasteiger charge is -2.19. The molecule has 0 bridgehead atoms. The van der Waals surface area contributed by atoms with E-state index in [0.29, 0.717) is 36.8 Å². The van der Waals surface area contributed by atoms with Gasteiger partial charge in [-0.3, -0.25) is 4.79 Å². The van der Waals surface area contributed by atoms with E-state index in [2.05, 4.69) is 5.32 Å². The van der Waals surface area contributed by atoms with Crippen LogP contribution in [-0.2, 0) is 4.74 Å². The van der Waals surface area contributed by atoms with E-state index in [9.17, 15) is 4.79 Å². The second-order valence-corrected chi connectivity index (χ2v) is 4.70. The Balaban J connectivity index is 1.62. The molecule has 2 aliphatic rings. The van der Waals surface area contributed by atoms with Gasteiger partial charge in [0.25, 0.3) is 5.91 Å². The van der Waals surface area contributed by atoms with Crippen LogP contribution in [-0.4, -0.2) is 38.4 Å². The molecule has 2 aliphatic heterocycles. The van der Waals surface area contributed by atoms with Crippen molar-refractivity contribution in [3.63, 3.8) is 0 Å². The zero-order chi connectivity index (χ0) is 13.1. The monoisotopic (exact) mass is 263 g/mol. The molecule has 2 heterocycles. The van der Waals surface area contributed by atoms with Crippen LogP contribution in [0.15, 0.2) is 18.2 Å². The topological polar surface area (TPSA) is 56.8 Å². The summed E-state index contributed by atoms with van der Waals surface area (Å²) in [5.74, 6) is 1.23. The summed E-state index contributed by atoms with van der Waals surface area (Å²) in [5, 5.41) is 2.89. The molecule has 1 aromatic carbocycles. The maximum Gasteiger partial charge on any atom is 0.251 e. The first-order chi connectivity index (χ1) is 9.33. The van der Waals surface area contributed by atoms with Crippen molar-refractivity contribution in [1.82, 2.24) is 5.32 Å². The largest absolute Gasteiger partial charge is 0.486 e. The van der Waals surface area contributed by atoms with Crippen molar-refractivity contribution < 1.29 is 19.0 Å². The molecule has 102 valence electrons. The minimum absolute atomic E-state index is 0.104. The highest BCUT2D eigenvalue weighted by Gasteiger charge is 2.18. The predicted octanol–water partition coefficient (Wildman–Crippen LogP) is 1.37. The quantitative estimate of drug-likeness (QED) is 0.894. The lowest BCUT2D eigenvalue weighted by Crippen LogP contribution is -2.31. The van der Waals surface area contributed by atoms with E-state index in [1.165, 1.54) is 0 Å². The molecule has 1 fully saturated rings. The molecule has 1 amide bonds. The molecule has 1 N–H and O–H groups in total. The Hall–Kier alpha value is -1.75. The second kappa shape index (κ2) is 5.48. The molecule has 1 saturated heterocycles. The summed E-state index contributed by atoms with van der Waals surface area (Å²) < 4.78 is 16.4. The third kappa shape index (κ3) is 2.81. The van der Waals surface area contributed by atoms with Gasteiger partial charge in [-0.1, -0.05) is 0 Å². The van der Waals surface area contributed by atoms with E-state index < -0.39 is 0 Å². The van der Waals surface area contributed by atoms with Gasteiger partial charge in [-0.25, -0.2) is 0 Å². The molecule has 0 aliphatic carbocycles. The zero-order valence-electron chi connectivity index (χ0n) is 10.7. The molecular formula is C14H17NO4. The van der Waals surface area contributed by atoms with Crippen LogP contribution >= 0.6 is 0 Å². The van der Waals surface area contributed by atoms with Gasteiger partial charge in [0.05, 0.1) is 6.10 Å². The van der Waals surface area contributed by atoms with Gasteiger partial charge in [-0.2, -0.15) is 0 Å². The predicted molar refractivity (Wildman–Crippen MR) is 68.7 cm³/mol. The highest BCUT2D eigenvalue weighted by atomic mass is 16.6. The summed E-state index contributed by atoms with van der Waals surface area (Å²) >= 11 is 0. The number of carbonyl (C=O) groups is 1. The molecule has 0 radical (unpaired) electrons. The number of nitrogens with one attached hydrogen (secondary N) is 1. The van der Waals surface area contributed by atoms with Crippen LogP contribution in [0.3, 0.4) is 0 Å². The number of benzene rings is 1. The van der Waals surface area contributed by atoms with Gasteiger partial charge in [0.1, 0.15) is 13.2 Å². The summed E-state index contributed by atoms with van der Waals surface area (Å²) in [7, 11) is 0. The normalized spacial score (nSPS) is 21.2. The highest BCUT2D eigenvalue weighted by molar-refractivity contribution is 5.94. The Morgan fingerprint density at radius 2 is 2.05 bits per heavy atom. The molecule has 1 atom stereocenters. The number of hydrogen-bond donors (Lipinski definition) is 1. The molecule has 1 unspecified atom stereocenters. The molecule has 5 heteroatoms. The van der Waals surface area contributed by atoms with Crippen LogP contribution in [0, 0.1) is 0 Å². The maximum absolute atomic E-state index is 12.0. The fourth-order valence-electron chi connectivity index (χ4n) is 2.30. The summed E-state index contributed by atoms with van der Waals surface area (Å²) in [6.45, 7) is 2.43. The van der Waals surface area contributed by atoms with Crippen LogP contribution < -0.4 is 14.8 Å². The first kappa shape index (κ1) is 12.3. The van der Waals surface area contributed by atoms with Crippen molar-refractivity contribution in [3.05, 3.63) is 23.8 Å². The fraction of sp³-hybridized carbons (Fsp3) is 0.500. The number of fused-ring (bicyclic) bond motifs is 1. The van der Waals surface area contributed by atoms with Crippen molar-refractivity contribution in [1.29, 1.82) is 0 Å². The minimum atomic E-state index is -0.104. The minimum Gasteiger partial charge on any atom is -0.486 e. The van der Waals surface area contributed by atoms with Gasteiger partial charge in [0, 0.05) is 18.7 Å².